The molecule has 1 saturated heterocycles. The van der Waals surface area contributed by atoms with Crippen LogP contribution in [0.25, 0.3) is 0 Å². The Bertz CT molecular complexity index is 382. The summed E-state index contributed by atoms with van der Waals surface area (Å²) in [5.41, 5.74) is 1.58. The zero-order chi connectivity index (χ0) is 14.3. The molecule has 1 aliphatic rings. The number of aryl methyl sites for hydroxylation is 1. The average Bonchev–Trinajstić information content (AvgIpc) is 2.53. The molecule has 0 spiro atoms. The summed E-state index contributed by atoms with van der Waals surface area (Å²) in [5, 5.41) is 0. The van der Waals surface area contributed by atoms with Crippen molar-refractivity contribution in [2.75, 3.05) is 25.6 Å². The largest absolute Gasteiger partial charge is 0.493 e. The highest BCUT2D eigenvalue weighted by Gasteiger charge is 2.32. The van der Waals surface area contributed by atoms with Crippen LogP contribution < -0.4 is 4.74 Å². The summed E-state index contributed by atoms with van der Waals surface area (Å²) < 4.78 is 11.4. The second-order valence-electron chi connectivity index (χ2n) is 5.81. The van der Waals surface area contributed by atoms with E-state index in [-0.39, 0.29) is 5.41 Å². The van der Waals surface area contributed by atoms with Gasteiger partial charge >= 0.3 is 0 Å². The highest BCUT2D eigenvalue weighted by Crippen LogP contribution is 2.32. The second-order valence-corrected chi connectivity index (χ2v) is 6.12. The van der Waals surface area contributed by atoms with Crippen LogP contribution in [0.3, 0.4) is 0 Å². The Morgan fingerprint density at radius 1 is 1.20 bits per heavy atom. The first-order chi connectivity index (χ1) is 9.78. The molecule has 1 aromatic rings. The minimum absolute atomic E-state index is 0.183. The quantitative estimate of drug-likeness (QED) is 0.762. The first-order valence-electron chi connectivity index (χ1n) is 7.68. The number of benzene rings is 1. The second kappa shape index (κ2) is 7.94. The highest BCUT2D eigenvalue weighted by molar-refractivity contribution is 7.80. The highest BCUT2D eigenvalue weighted by atomic mass is 32.1. The number of hydrogen-bond donors (Lipinski definition) is 1. The lowest BCUT2D eigenvalue weighted by Crippen LogP contribution is -2.36. The van der Waals surface area contributed by atoms with Crippen LogP contribution in [-0.2, 0) is 11.2 Å². The zero-order valence-electron chi connectivity index (χ0n) is 12.4. The summed E-state index contributed by atoms with van der Waals surface area (Å²) in [5.74, 6) is 1.84. The predicted molar refractivity (Wildman–Crippen MR) is 86.9 cm³/mol. The van der Waals surface area contributed by atoms with Crippen molar-refractivity contribution >= 4 is 12.6 Å². The van der Waals surface area contributed by atoms with Crippen molar-refractivity contribution in [2.24, 2.45) is 5.41 Å². The molecule has 3 heteroatoms. The van der Waals surface area contributed by atoms with Gasteiger partial charge in [-0.05, 0) is 49.1 Å². The van der Waals surface area contributed by atoms with Gasteiger partial charge in [0.05, 0.1) is 6.61 Å². The van der Waals surface area contributed by atoms with Gasteiger partial charge in [-0.15, -0.1) is 0 Å². The molecule has 2 rings (SSSR count). The van der Waals surface area contributed by atoms with Crippen molar-refractivity contribution in [3.05, 3.63) is 29.8 Å². The van der Waals surface area contributed by atoms with Crippen molar-refractivity contribution in [1.82, 2.24) is 0 Å². The summed E-state index contributed by atoms with van der Waals surface area (Å²) in [4.78, 5) is 0. The Hall–Kier alpha value is -0.670. The molecule has 0 aromatic heterocycles. The maximum absolute atomic E-state index is 5.99. The fourth-order valence-electron chi connectivity index (χ4n) is 2.52. The SMILES string of the molecule is CCCCc1ccc(OCC2(CS)CCOCC2)cc1. The van der Waals surface area contributed by atoms with Crippen LogP contribution in [-0.4, -0.2) is 25.6 Å². The molecule has 1 aromatic carbocycles. The zero-order valence-corrected chi connectivity index (χ0v) is 13.3. The molecule has 0 radical (unpaired) electrons. The molecule has 112 valence electrons. The van der Waals surface area contributed by atoms with Crippen LogP contribution >= 0.6 is 12.6 Å². The van der Waals surface area contributed by atoms with Gasteiger partial charge in [-0.3, -0.25) is 0 Å². The molecule has 1 aliphatic heterocycles. The molecular weight excluding hydrogens is 268 g/mol. The van der Waals surface area contributed by atoms with E-state index in [9.17, 15) is 0 Å². The summed E-state index contributed by atoms with van der Waals surface area (Å²) in [6.45, 7) is 4.64. The maximum atomic E-state index is 5.99. The summed E-state index contributed by atoms with van der Waals surface area (Å²) >= 11 is 4.51. The lowest BCUT2D eigenvalue weighted by Gasteiger charge is -2.35. The molecule has 0 unspecified atom stereocenters. The number of thiol groups is 1. The third-order valence-electron chi connectivity index (χ3n) is 4.18. The van der Waals surface area contributed by atoms with Gasteiger partial charge in [0.2, 0.25) is 0 Å². The van der Waals surface area contributed by atoms with E-state index in [1.54, 1.807) is 0 Å². The first kappa shape index (κ1) is 15.7. The fourth-order valence-corrected chi connectivity index (χ4v) is 2.93. The molecular formula is C17H26O2S. The van der Waals surface area contributed by atoms with Crippen LogP contribution in [0.4, 0.5) is 0 Å². The van der Waals surface area contributed by atoms with E-state index in [4.69, 9.17) is 9.47 Å². The number of rotatable bonds is 7. The van der Waals surface area contributed by atoms with Crippen molar-refractivity contribution in [1.29, 1.82) is 0 Å². The average molecular weight is 294 g/mol. The summed E-state index contributed by atoms with van der Waals surface area (Å²) in [6, 6.07) is 8.55. The molecule has 0 N–H and O–H groups in total. The molecule has 0 bridgehead atoms. The molecule has 20 heavy (non-hydrogen) atoms. The number of ether oxygens (including phenoxy) is 2. The van der Waals surface area contributed by atoms with E-state index < -0.39 is 0 Å². The van der Waals surface area contributed by atoms with Crippen molar-refractivity contribution in [3.63, 3.8) is 0 Å². The summed E-state index contributed by atoms with van der Waals surface area (Å²) in [6.07, 6.45) is 5.75. The Kier molecular flexibility index (Phi) is 6.24. The lowest BCUT2D eigenvalue weighted by molar-refractivity contribution is 0.00311. The standard InChI is InChI=1S/C17H26O2S/c1-2-3-4-15-5-7-16(8-6-15)19-13-17(14-20)9-11-18-12-10-17/h5-8,20H,2-4,9-14H2,1H3. The number of hydrogen-bond acceptors (Lipinski definition) is 3. The molecule has 0 atom stereocenters. The molecule has 1 fully saturated rings. The van der Waals surface area contributed by atoms with Crippen molar-refractivity contribution in [2.45, 2.75) is 39.0 Å². The van der Waals surface area contributed by atoms with E-state index in [2.05, 4.69) is 43.8 Å². The fraction of sp³-hybridized carbons (Fsp3) is 0.647. The van der Waals surface area contributed by atoms with Gasteiger partial charge in [-0.25, -0.2) is 0 Å². The maximum Gasteiger partial charge on any atom is 0.119 e. The summed E-state index contributed by atoms with van der Waals surface area (Å²) in [7, 11) is 0. The van der Waals surface area contributed by atoms with E-state index in [1.165, 1.54) is 18.4 Å². The van der Waals surface area contributed by atoms with Crippen molar-refractivity contribution in [3.8, 4) is 5.75 Å². The van der Waals surface area contributed by atoms with E-state index in [1.807, 2.05) is 0 Å². The van der Waals surface area contributed by atoms with Gasteiger partial charge in [0.25, 0.3) is 0 Å². The monoisotopic (exact) mass is 294 g/mol. The molecule has 0 aliphatic carbocycles. The molecule has 1 heterocycles. The third-order valence-corrected chi connectivity index (χ3v) is 4.85. The Balaban J connectivity index is 1.86. The van der Waals surface area contributed by atoms with Gasteiger partial charge < -0.3 is 9.47 Å². The third kappa shape index (κ3) is 4.42. The van der Waals surface area contributed by atoms with Crippen LogP contribution in [0.1, 0.15) is 38.2 Å². The molecule has 0 saturated carbocycles. The molecule has 0 amide bonds. The van der Waals surface area contributed by atoms with Crippen molar-refractivity contribution < 1.29 is 9.47 Å². The minimum atomic E-state index is 0.183. The van der Waals surface area contributed by atoms with Crippen LogP contribution in [0, 0.1) is 5.41 Å². The van der Waals surface area contributed by atoms with Gasteiger partial charge in [-0.2, -0.15) is 12.6 Å². The predicted octanol–water partition coefficient (Wildman–Crippen LogP) is 4.13. The topological polar surface area (TPSA) is 18.5 Å². The van der Waals surface area contributed by atoms with Gasteiger partial charge in [-0.1, -0.05) is 25.5 Å². The van der Waals surface area contributed by atoms with Gasteiger partial charge in [0.15, 0.2) is 0 Å². The van der Waals surface area contributed by atoms with Crippen LogP contribution in [0.5, 0.6) is 5.75 Å². The Morgan fingerprint density at radius 3 is 2.50 bits per heavy atom. The van der Waals surface area contributed by atoms with E-state index in [0.29, 0.717) is 0 Å². The van der Waals surface area contributed by atoms with Crippen LogP contribution in [0.2, 0.25) is 0 Å². The Labute approximate surface area is 128 Å². The minimum Gasteiger partial charge on any atom is -0.493 e. The van der Waals surface area contributed by atoms with Gasteiger partial charge in [0.1, 0.15) is 5.75 Å². The van der Waals surface area contributed by atoms with Crippen LogP contribution in [0.15, 0.2) is 24.3 Å². The Morgan fingerprint density at radius 2 is 1.90 bits per heavy atom. The number of unbranched alkanes of at least 4 members (excludes halogenated alkanes) is 1. The lowest BCUT2D eigenvalue weighted by atomic mass is 9.83. The molecule has 2 nitrogen and oxygen atoms in total. The van der Waals surface area contributed by atoms with Gasteiger partial charge in [0, 0.05) is 18.6 Å². The first-order valence-corrected chi connectivity index (χ1v) is 8.32. The smallest absolute Gasteiger partial charge is 0.119 e. The van der Waals surface area contributed by atoms with E-state index >= 15 is 0 Å². The normalized spacial score (nSPS) is 17.9. The van der Waals surface area contributed by atoms with E-state index in [0.717, 1.165) is 50.6 Å².